The molecule has 0 spiro atoms. The minimum atomic E-state index is 0.699. The zero-order valence-electron chi connectivity index (χ0n) is 4.36. The molecule has 0 aliphatic rings. The lowest BCUT2D eigenvalue weighted by atomic mass is 10.6. The van der Waals surface area contributed by atoms with Crippen molar-refractivity contribution in [2.24, 2.45) is 0 Å². The van der Waals surface area contributed by atoms with Gasteiger partial charge in [0.05, 0.1) is 5.21 Å². The van der Waals surface area contributed by atoms with Crippen molar-refractivity contribution in [2.75, 3.05) is 11.0 Å². The molecule has 0 nitrogen and oxygen atoms in total. The van der Waals surface area contributed by atoms with E-state index in [0.29, 0.717) is 5.21 Å². The minimum absolute atomic E-state index is 0.699. The molecule has 0 rings (SSSR count). The molecule has 0 saturated carbocycles. The van der Waals surface area contributed by atoms with Crippen molar-refractivity contribution in [1.29, 1.82) is 0 Å². The van der Waals surface area contributed by atoms with Crippen LogP contribution < -0.4 is 0 Å². The van der Waals surface area contributed by atoms with Gasteiger partial charge >= 0.3 is 0 Å². The average molecular weight is 137 g/mol. The molecular formula is C5H9ClS. The summed E-state index contributed by atoms with van der Waals surface area (Å²) in [5.41, 5.74) is 0. The van der Waals surface area contributed by atoms with E-state index in [4.69, 9.17) is 11.6 Å². The molecule has 0 aromatic carbocycles. The van der Waals surface area contributed by atoms with Crippen LogP contribution in [0.5, 0.6) is 0 Å². The van der Waals surface area contributed by atoms with Crippen molar-refractivity contribution in [3.63, 3.8) is 0 Å². The fraction of sp³-hybridized carbons (Fsp3) is 0.600. The maximum absolute atomic E-state index is 5.37. The number of alkyl halides is 1. The Balaban J connectivity index is 2.69. The van der Waals surface area contributed by atoms with Gasteiger partial charge in [0.25, 0.3) is 0 Å². The van der Waals surface area contributed by atoms with Gasteiger partial charge in [-0.25, -0.2) is 0 Å². The van der Waals surface area contributed by atoms with E-state index in [9.17, 15) is 0 Å². The Morgan fingerprint density at radius 1 is 1.71 bits per heavy atom. The first kappa shape index (κ1) is 7.38. The van der Waals surface area contributed by atoms with Crippen LogP contribution in [0, 0.1) is 0 Å². The molecule has 0 bridgehead atoms. The average Bonchev–Trinajstić information content (AvgIpc) is 1.69. The molecule has 0 heterocycles. The highest BCUT2D eigenvalue weighted by Crippen LogP contribution is 2.00. The summed E-state index contributed by atoms with van der Waals surface area (Å²) in [4.78, 5) is 0. The fourth-order valence-electron chi connectivity index (χ4n) is 0.209. The van der Waals surface area contributed by atoms with Crippen LogP contribution >= 0.6 is 23.4 Å². The van der Waals surface area contributed by atoms with E-state index in [2.05, 4.69) is 6.08 Å². The van der Waals surface area contributed by atoms with Crippen molar-refractivity contribution in [3.05, 3.63) is 12.2 Å². The van der Waals surface area contributed by atoms with Crippen LogP contribution in [0.2, 0.25) is 0 Å². The number of halogens is 1. The molecule has 0 aromatic rings. The lowest BCUT2D eigenvalue weighted by Crippen LogP contribution is -1.66. The van der Waals surface area contributed by atoms with Crippen LogP contribution in [0.4, 0.5) is 0 Å². The predicted molar refractivity (Wildman–Crippen MR) is 38.0 cm³/mol. The molecule has 42 valence electrons. The summed E-state index contributed by atoms with van der Waals surface area (Å²) in [6.07, 6.45) is 4.12. The summed E-state index contributed by atoms with van der Waals surface area (Å²) >= 11 is 7.08. The first-order valence-corrected chi connectivity index (χ1v) is 3.85. The molecule has 0 N–H and O–H groups in total. The van der Waals surface area contributed by atoms with Gasteiger partial charge in [-0.05, 0) is 6.92 Å². The van der Waals surface area contributed by atoms with E-state index in [-0.39, 0.29) is 0 Å². The molecule has 0 amide bonds. The summed E-state index contributed by atoms with van der Waals surface area (Å²) in [6, 6.07) is 0. The maximum Gasteiger partial charge on any atom is 0.0683 e. The molecule has 0 unspecified atom stereocenters. The highest BCUT2D eigenvalue weighted by Gasteiger charge is 1.74. The molecular weight excluding hydrogens is 128 g/mol. The Kier molecular flexibility index (Phi) is 6.73. The van der Waals surface area contributed by atoms with Gasteiger partial charge in [-0.3, -0.25) is 0 Å². The Bertz CT molecular complexity index is 52.0. The second-order valence-corrected chi connectivity index (χ2v) is 2.66. The van der Waals surface area contributed by atoms with Crippen LogP contribution in [0.15, 0.2) is 12.2 Å². The zero-order chi connectivity index (χ0) is 5.54. The van der Waals surface area contributed by atoms with Gasteiger partial charge in [0.1, 0.15) is 0 Å². The Hall–Kier alpha value is 0.380. The number of hydrogen-bond acceptors (Lipinski definition) is 1. The van der Waals surface area contributed by atoms with E-state index in [1.807, 2.05) is 13.0 Å². The number of thioether (sulfide) groups is 1. The summed E-state index contributed by atoms with van der Waals surface area (Å²) < 4.78 is 0. The Morgan fingerprint density at radius 3 is 2.86 bits per heavy atom. The number of hydrogen-bond donors (Lipinski definition) is 0. The highest BCUT2D eigenvalue weighted by atomic mass is 35.5. The molecule has 0 saturated heterocycles. The van der Waals surface area contributed by atoms with Crippen molar-refractivity contribution in [2.45, 2.75) is 6.92 Å². The molecule has 0 atom stereocenters. The molecule has 0 fully saturated rings. The van der Waals surface area contributed by atoms with Crippen LogP contribution in [0.25, 0.3) is 0 Å². The van der Waals surface area contributed by atoms with E-state index in [0.717, 1.165) is 5.75 Å². The molecule has 0 aliphatic heterocycles. The molecule has 7 heavy (non-hydrogen) atoms. The van der Waals surface area contributed by atoms with Crippen molar-refractivity contribution >= 4 is 23.4 Å². The topological polar surface area (TPSA) is 0 Å². The quantitative estimate of drug-likeness (QED) is 0.326. The van der Waals surface area contributed by atoms with Crippen LogP contribution in [0.3, 0.4) is 0 Å². The summed E-state index contributed by atoms with van der Waals surface area (Å²) in [5, 5.41) is 0.699. The van der Waals surface area contributed by atoms with Gasteiger partial charge in [-0.2, -0.15) is 0 Å². The molecule has 0 aromatic heterocycles. The predicted octanol–water partition coefficient (Wildman–Crippen LogP) is 2.49. The minimum Gasteiger partial charge on any atom is -0.142 e. The molecule has 0 aliphatic carbocycles. The second-order valence-electron chi connectivity index (χ2n) is 1.05. The normalized spacial score (nSPS) is 10.6. The molecule has 0 radical (unpaired) electrons. The number of rotatable bonds is 3. The van der Waals surface area contributed by atoms with Gasteiger partial charge in [-0.15, -0.1) is 23.4 Å². The van der Waals surface area contributed by atoms with Gasteiger partial charge in [0.2, 0.25) is 0 Å². The summed E-state index contributed by atoms with van der Waals surface area (Å²) in [5.74, 6) is 1.04. The summed E-state index contributed by atoms with van der Waals surface area (Å²) in [7, 11) is 0. The first-order chi connectivity index (χ1) is 3.41. The lowest BCUT2D eigenvalue weighted by molar-refractivity contribution is 1.65. The monoisotopic (exact) mass is 136 g/mol. The van der Waals surface area contributed by atoms with Gasteiger partial charge in [0, 0.05) is 5.75 Å². The summed E-state index contributed by atoms with van der Waals surface area (Å²) in [6.45, 7) is 2.01. The lowest BCUT2D eigenvalue weighted by Gasteiger charge is -1.83. The van der Waals surface area contributed by atoms with Crippen LogP contribution in [-0.2, 0) is 0 Å². The second kappa shape index (κ2) is 6.38. The maximum atomic E-state index is 5.37. The van der Waals surface area contributed by atoms with E-state index in [1.54, 1.807) is 11.8 Å². The first-order valence-electron chi connectivity index (χ1n) is 2.16. The Labute approximate surface area is 53.9 Å². The Morgan fingerprint density at radius 2 is 2.43 bits per heavy atom. The van der Waals surface area contributed by atoms with Crippen molar-refractivity contribution in [1.82, 2.24) is 0 Å². The zero-order valence-corrected chi connectivity index (χ0v) is 5.93. The van der Waals surface area contributed by atoms with Gasteiger partial charge < -0.3 is 0 Å². The number of allylic oxidation sites excluding steroid dienone is 1. The largest absolute Gasteiger partial charge is 0.142 e. The van der Waals surface area contributed by atoms with Crippen molar-refractivity contribution < 1.29 is 0 Å². The standard InChI is InChI=1S/C5H9ClS/c1-2-3-4-7-5-6/h2-3H,4-5H2,1H3/b3-2+. The van der Waals surface area contributed by atoms with Gasteiger partial charge in [0.15, 0.2) is 0 Å². The van der Waals surface area contributed by atoms with Crippen molar-refractivity contribution in [3.8, 4) is 0 Å². The van der Waals surface area contributed by atoms with E-state index >= 15 is 0 Å². The van der Waals surface area contributed by atoms with Crippen LogP contribution in [-0.4, -0.2) is 11.0 Å². The van der Waals surface area contributed by atoms with E-state index < -0.39 is 0 Å². The molecule has 2 heteroatoms. The SMILES string of the molecule is C/C=C/CSCCl. The smallest absolute Gasteiger partial charge is 0.0683 e. The third-order valence-corrected chi connectivity index (χ3v) is 1.57. The fourth-order valence-corrected chi connectivity index (χ4v) is 0.894. The third kappa shape index (κ3) is 6.38. The van der Waals surface area contributed by atoms with Crippen LogP contribution in [0.1, 0.15) is 6.92 Å². The van der Waals surface area contributed by atoms with Gasteiger partial charge in [-0.1, -0.05) is 12.2 Å². The van der Waals surface area contributed by atoms with E-state index in [1.165, 1.54) is 0 Å². The highest BCUT2D eigenvalue weighted by molar-refractivity contribution is 8.00. The third-order valence-electron chi connectivity index (χ3n) is 0.527.